The van der Waals surface area contributed by atoms with E-state index in [1.165, 1.54) is 0 Å². The molecule has 2 amide bonds. The standard InChI is InChI=1S/C14H24N2O4/c1-3-20-11-4-7-15(8-5-11)14(19)16-9-6-12(10(16)2)13(17)18/h10-12H,3-9H2,1-2H3,(H,17,18). The van der Waals surface area contributed by atoms with Crippen LogP contribution in [0, 0.1) is 5.92 Å². The van der Waals surface area contributed by atoms with Gasteiger partial charge in [0.2, 0.25) is 0 Å². The highest BCUT2D eigenvalue weighted by Crippen LogP contribution is 2.26. The summed E-state index contributed by atoms with van der Waals surface area (Å²) < 4.78 is 5.58. The van der Waals surface area contributed by atoms with Crippen molar-refractivity contribution in [2.45, 2.75) is 45.3 Å². The van der Waals surface area contributed by atoms with Gasteiger partial charge in [-0.15, -0.1) is 0 Å². The van der Waals surface area contributed by atoms with Crippen LogP contribution >= 0.6 is 0 Å². The minimum Gasteiger partial charge on any atom is -0.481 e. The summed E-state index contributed by atoms with van der Waals surface area (Å²) >= 11 is 0. The van der Waals surface area contributed by atoms with Crippen LogP contribution in [0.15, 0.2) is 0 Å². The molecule has 2 aliphatic heterocycles. The molecule has 0 aromatic rings. The molecular formula is C14H24N2O4. The van der Waals surface area contributed by atoms with E-state index in [2.05, 4.69) is 0 Å². The Bertz CT molecular complexity index is 366. The number of urea groups is 1. The molecule has 0 spiro atoms. The van der Waals surface area contributed by atoms with Gasteiger partial charge in [-0.1, -0.05) is 0 Å². The number of piperidine rings is 1. The number of rotatable bonds is 3. The van der Waals surface area contributed by atoms with Crippen LogP contribution in [0.5, 0.6) is 0 Å². The monoisotopic (exact) mass is 284 g/mol. The normalized spacial score (nSPS) is 27.9. The smallest absolute Gasteiger partial charge is 0.320 e. The maximum atomic E-state index is 12.5. The lowest BCUT2D eigenvalue weighted by molar-refractivity contribution is -0.142. The minimum atomic E-state index is -0.803. The SMILES string of the molecule is CCOC1CCN(C(=O)N2CCC(C(=O)O)C2C)CC1. The zero-order valence-electron chi connectivity index (χ0n) is 12.2. The van der Waals surface area contributed by atoms with E-state index in [1.54, 1.807) is 4.90 Å². The van der Waals surface area contributed by atoms with Crippen molar-refractivity contribution in [2.24, 2.45) is 5.92 Å². The molecule has 0 bridgehead atoms. The number of amides is 2. The van der Waals surface area contributed by atoms with E-state index in [0.29, 0.717) is 32.7 Å². The molecule has 2 atom stereocenters. The summed E-state index contributed by atoms with van der Waals surface area (Å²) in [5.74, 6) is -1.23. The van der Waals surface area contributed by atoms with Crippen LogP contribution < -0.4 is 0 Å². The number of carboxylic acid groups (broad SMARTS) is 1. The van der Waals surface area contributed by atoms with Crippen molar-refractivity contribution in [3.8, 4) is 0 Å². The van der Waals surface area contributed by atoms with Crippen LogP contribution in [0.2, 0.25) is 0 Å². The number of likely N-dealkylation sites (tertiary alicyclic amines) is 2. The minimum absolute atomic E-state index is 0.0174. The number of nitrogens with zero attached hydrogens (tertiary/aromatic N) is 2. The molecule has 0 aliphatic carbocycles. The molecule has 6 heteroatoms. The van der Waals surface area contributed by atoms with Gasteiger partial charge in [0.1, 0.15) is 0 Å². The van der Waals surface area contributed by atoms with E-state index in [9.17, 15) is 9.59 Å². The Morgan fingerprint density at radius 2 is 1.85 bits per heavy atom. The fraction of sp³-hybridized carbons (Fsp3) is 0.857. The third-order valence-corrected chi connectivity index (χ3v) is 4.43. The number of hydrogen-bond donors (Lipinski definition) is 1. The summed E-state index contributed by atoms with van der Waals surface area (Å²) in [7, 11) is 0. The predicted octanol–water partition coefficient (Wildman–Crippen LogP) is 1.40. The molecule has 0 aromatic carbocycles. The molecule has 0 saturated carbocycles. The number of carboxylic acids is 1. The number of aliphatic carboxylic acids is 1. The van der Waals surface area contributed by atoms with Crippen molar-refractivity contribution >= 4 is 12.0 Å². The number of carbonyl (C=O) groups excluding carboxylic acids is 1. The zero-order valence-corrected chi connectivity index (χ0v) is 12.2. The largest absolute Gasteiger partial charge is 0.481 e. The number of hydrogen-bond acceptors (Lipinski definition) is 3. The Hall–Kier alpha value is -1.30. The Labute approximate surface area is 119 Å². The van der Waals surface area contributed by atoms with Crippen molar-refractivity contribution in [3.63, 3.8) is 0 Å². The third kappa shape index (κ3) is 3.06. The summed E-state index contributed by atoms with van der Waals surface area (Å²) in [4.78, 5) is 27.1. The van der Waals surface area contributed by atoms with Crippen LogP contribution in [-0.4, -0.2) is 65.3 Å². The Morgan fingerprint density at radius 1 is 1.20 bits per heavy atom. The van der Waals surface area contributed by atoms with Crippen LogP contribution in [0.4, 0.5) is 4.79 Å². The number of ether oxygens (including phenoxy) is 1. The van der Waals surface area contributed by atoms with Gasteiger partial charge in [0.25, 0.3) is 0 Å². The highest BCUT2D eigenvalue weighted by Gasteiger charge is 2.40. The Balaban J connectivity index is 1.88. The fourth-order valence-corrected chi connectivity index (χ4v) is 3.17. The van der Waals surface area contributed by atoms with Crippen molar-refractivity contribution in [2.75, 3.05) is 26.2 Å². The molecule has 114 valence electrons. The molecule has 0 aromatic heterocycles. The molecule has 2 aliphatic rings. The first-order valence-electron chi connectivity index (χ1n) is 7.44. The lowest BCUT2D eigenvalue weighted by Gasteiger charge is -2.36. The lowest BCUT2D eigenvalue weighted by atomic mass is 10.0. The van der Waals surface area contributed by atoms with Gasteiger partial charge in [-0.25, -0.2) is 4.79 Å². The number of carbonyl (C=O) groups is 2. The van der Waals surface area contributed by atoms with E-state index < -0.39 is 11.9 Å². The molecule has 2 heterocycles. The van der Waals surface area contributed by atoms with Crippen LogP contribution in [0.1, 0.15) is 33.1 Å². The van der Waals surface area contributed by atoms with Gasteiger partial charge in [0.05, 0.1) is 12.0 Å². The summed E-state index contributed by atoms with van der Waals surface area (Å²) in [6.07, 6.45) is 2.54. The third-order valence-electron chi connectivity index (χ3n) is 4.43. The second-order valence-corrected chi connectivity index (χ2v) is 5.59. The summed E-state index contributed by atoms with van der Waals surface area (Å²) in [5, 5.41) is 9.12. The first kappa shape index (κ1) is 15.1. The van der Waals surface area contributed by atoms with Crippen LogP contribution in [0.3, 0.4) is 0 Å². The van der Waals surface area contributed by atoms with Gasteiger partial charge in [0.15, 0.2) is 0 Å². The highest BCUT2D eigenvalue weighted by molar-refractivity contribution is 5.78. The van der Waals surface area contributed by atoms with Gasteiger partial charge in [-0.2, -0.15) is 0 Å². The summed E-state index contributed by atoms with van der Waals surface area (Å²) in [5.41, 5.74) is 0. The molecule has 2 saturated heterocycles. The molecule has 2 fully saturated rings. The van der Waals surface area contributed by atoms with Gasteiger partial charge >= 0.3 is 12.0 Å². The van der Waals surface area contributed by atoms with Gasteiger partial charge in [-0.05, 0) is 33.1 Å². The van der Waals surface area contributed by atoms with E-state index >= 15 is 0 Å². The maximum Gasteiger partial charge on any atom is 0.320 e. The second-order valence-electron chi connectivity index (χ2n) is 5.59. The van der Waals surface area contributed by atoms with Crippen LogP contribution in [0.25, 0.3) is 0 Å². The first-order valence-corrected chi connectivity index (χ1v) is 7.44. The second kappa shape index (κ2) is 6.43. The van der Waals surface area contributed by atoms with Crippen molar-refractivity contribution in [3.05, 3.63) is 0 Å². The Morgan fingerprint density at radius 3 is 2.35 bits per heavy atom. The first-order chi connectivity index (χ1) is 9.54. The molecule has 1 N–H and O–H groups in total. The molecule has 20 heavy (non-hydrogen) atoms. The molecule has 2 rings (SSSR count). The van der Waals surface area contributed by atoms with Gasteiger partial charge < -0.3 is 19.6 Å². The zero-order chi connectivity index (χ0) is 14.7. The topological polar surface area (TPSA) is 70.1 Å². The van der Waals surface area contributed by atoms with Gasteiger partial charge in [0, 0.05) is 32.3 Å². The highest BCUT2D eigenvalue weighted by atomic mass is 16.5. The van der Waals surface area contributed by atoms with Crippen LogP contribution in [-0.2, 0) is 9.53 Å². The average molecular weight is 284 g/mol. The van der Waals surface area contributed by atoms with Crippen molar-refractivity contribution < 1.29 is 19.4 Å². The molecule has 0 radical (unpaired) electrons. The fourth-order valence-electron chi connectivity index (χ4n) is 3.17. The predicted molar refractivity (Wildman–Crippen MR) is 73.5 cm³/mol. The Kier molecular flexibility index (Phi) is 4.86. The lowest BCUT2D eigenvalue weighted by Crippen LogP contribution is -2.49. The van der Waals surface area contributed by atoms with Crippen molar-refractivity contribution in [1.29, 1.82) is 0 Å². The van der Waals surface area contributed by atoms with E-state index in [4.69, 9.17) is 9.84 Å². The molecule has 6 nitrogen and oxygen atoms in total. The van der Waals surface area contributed by atoms with E-state index in [-0.39, 0.29) is 18.2 Å². The van der Waals surface area contributed by atoms with Gasteiger partial charge in [-0.3, -0.25) is 4.79 Å². The van der Waals surface area contributed by atoms with E-state index in [0.717, 1.165) is 12.8 Å². The molecule has 2 unspecified atom stereocenters. The quantitative estimate of drug-likeness (QED) is 0.850. The maximum absolute atomic E-state index is 12.5. The van der Waals surface area contributed by atoms with Crippen molar-refractivity contribution in [1.82, 2.24) is 9.80 Å². The molecular weight excluding hydrogens is 260 g/mol. The average Bonchev–Trinajstić information content (AvgIpc) is 2.81. The summed E-state index contributed by atoms with van der Waals surface area (Å²) in [6.45, 7) is 6.46. The van der Waals surface area contributed by atoms with E-state index in [1.807, 2.05) is 18.7 Å². The summed E-state index contributed by atoms with van der Waals surface area (Å²) in [6, 6.07) is -0.235.